The number of carbonyl (C=O) groups excluding carboxylic acids is 2. The number of aromatic nitrogens is 3. The smallest absolute Gasteiger partial charge is 0.314 e. The molecule has 29 heavy (non-hydrogen) atoms. The van der Waals surface area contributed by atoms with Gasteiger partial charge in [-0.25, -0.2) is 15.0 Å². The lowest BCUT2D eigenvalue weighted by Gasteiger charge is -2.23. The Morgan fingerprint density at radius 3 is 2.34 bits per heavy atom. The number of aliphatic hydroxyl groups is 1. The summed E-state index contributed by atoms with van der Waals surface area (Å²) in [7, 11) is 1.31. The molecule has 2 aromatic rings. The van der Waals surface area contributed by atoms with Crippen molar-refractivity contribution in [1.82, 2.24) is 15.0 Å². The second-order valence-electron chi connectivity index (χ2n) is 6.53. The molecule has 11 heteroatoms. The third kappa shape index (κ3) is 5.53. The van der Waals surface area contributed by atoms with Crippen molar-refractivity contribution in [2.45, 2.75) is 13.8 Å². The minimum absolute atomic E-state index is 0.0301. The predicted molar refractivity (Wildman–Crippen MR) is 106 cm³/mol. The molecule has 156 valence electrons. The molecule has 0 saturated carbocycles. The molecule has 0 radical (unpaired) electrons. The molecule has 2 rings (SSSR count). The summed E-state index contributed by atoms with van der Waals surface area (Å²) >= 11 is 12.0. The van der Waals surface area contributed by atoms with Crippen molar-refractivity contribution in [3.05, 3.63) is 40.5 Å². The van der Waals surface area contributed by atoms with E-state index in [1.807, 2.05) is 0 Å². The normalized spacial score (nSPS) is 11.1. The minimum Gasteiger partial charge on any atom is -0.476 e. The molecule has 9 nitrogen and oxygen atoms in total. The van der Waals surface area contributed by atoms with Crippen LogP contribution in [0.1, 0.15) is 24.2 Å². The average Bonchev–Trinajstić information content (AvgIpc) is 2.70. The minimum atomic E-state index is -0.852. The first-order valence-electron chi connectivity index (χ1n) is 8.47. The first-order chi connectivity index (χ1) is 13.7. The van der Waals surface area contributed by atoms with Crippen LogP contribution in [-0.4, -0.2) is 58.8 Å². The molecule has 2 aromatic heterocycles. The number of aliphatic hydroxyl groups excluding tert-OH is 1. The second kappa shape index (κ2) is 9.82. The summed E-state index contributed by atoms with van der Waals surface area (Å²) in [6.07, 6.45) is 2.53. The van der Waals surface area contributed by atoms with E-state index in [1.165, 1.54) is 24.3 Å². The maximum Gasteiger partial charge on any atom is 0.314 e. The number of ether oxygens (including phenoxy) is 2. The summed E-state index contributed by atoms with van der Waals surface area (Å²) in [4.78, 5) is 37.5. The fourth-order valence-corrected chi connectivity index (χ4v) is 2.79. The third-order valence-electron chi connectivity index (χ3n) is 3.89. The molecule has 0 saturated heterocycles. The number of pyridine rings is 1. The zero-order valence-corrected chi connectivity index (χ0v) is 17.6. The highest BCUT2D eigenvalue weighted by Crippen LogP contribution is 2.26. The van der Waals surface area contributed by atoms with Crippen LogP contribution < -0.4 is 9.64 Å². The Morgan fingerprint density at radius 2 is 1.83 bits per heavy atom. The molecule has 0 spiro atoms. The lowest BCUT2D eigenvalue weighted by molar-refractivity contribution is -0.152. The van der Waals surface area contributed by atoms with E-state index in [9.17, 15) is 14.7 Å². The fourth-order valence-electron chi connectivity index (χ4n) is 2.31. The Morgan fingerprint density at radius 1 is 1.17 bits per heavy atom. The van der Waals surface area contributed by atoms with E-state index in [0.29, 0.717) is 5.69 Å². The van der Waals surface area contributed by atoms with Gasteiger partial charge in [0.1, 0.15) is 28.8 Å². The van der Waals surface area contributed by atoms with Crippen LogP contribution in [0.4, 0.5) is 5.69 Å². The fraction of sp³-hybridized carbons (Fsp3) is 0.389. The lowest BCUT2D eigenvalue weighted by Crippen LogP contribution is -2.34. The monoisotopic (exact) mass is 442 g/mol. The van der Waals surface area contributed by atoms with Crippen LogP contribution in [0, 0.1) is 5.41 Å². The van der Waals surface area contributed by atoms with Crippen LogP contribution in [0.2, 0.25) is 10.3 Å². The first-order valence-corrected chi connectivity index (χ1v) is 9.23. The summed E-state index contributed by atoms with van der Waals surface area (Å²) in [5.41, 5.74) is -0.557. The van der Waals surface area contributed by atoms with Crippen LogP contribution >= 0.6 is 23.2 Å². The number of nitrogens with zero attached hydrogens (tertiary/aromatic N) is 4. The van der Waals surface area contributed by atoms with E-state index in [-0.39, 0.29) is 41.5 Å². The molecule has 0 aliphatic heterocycles. The van der Waals surface area contributed by atoms with Gasteiger partial charge >= 0.3 is 5.97 Å². The summed E-state index contributed by atoms with van der Waals surface area (Å²) in [6, 6.07) is 3.11. The van der Waals surface area contributed by atoms with E-state index in [1.54, 1.807) is 19.9 Å². The largest absolute Gasteiger partial charge is 0.476 e. The SMILES string of the molecule is COC(=O)C(C)(C)COc1ccc(N(CCO)C(=O)c2c(Cl)ncnc2Cl)cn1. The van der Waals surface area contributed by atoms with Crippen molar-refractivity contribution in [2.75, 3.05) is 31.8 Å². The van der Waals surface area contributed by atoms with Gasteiger partial charge in [0.15, 0.2) is 0 Å². The Kier molecular flexibility index (Phi) is 7.72. The van der Waals surface area contributed by atoms with Crippen LogP contribution in [0.25, 0.3) is 0 Å². The Hall–Kier alpha value is -2.49. The summed E-state index contributed by atoms with van der Waals surface area (Å²) in [5.74, 6) is -0.745. The molecule has 0 unspecified atom stereocenters. The van der Waals surface area contributed by atoms with Crippen LogP contribution in [0.5, 0.6) is 5.88 Å². The zero-order chi connectivity index (χ0) is 21.6. The molecule has 0 aromatic carbocycles. The van der Waals surface area contributed by atoms with Crippen molar-refractivity contribution < 1.29 is 24.2 Å². The van der Waals surface area contributed by atoms with Gasteiger partial charge in [-0.2, -0.15) is 0 Å². The molecule has 0 bridgehead atoms. The number of methoxy groups -OCH3 is 1. The molecule has 1 N–H and O–H groups in total. The zero-order valence-electron chi connectivity index (χ0n) is 16.1. The molecule has 0 aliphatic rings. The highest BCUT2D eigenvalue weighted by atomic mass is 35.5. The Balaban J connectivity index is 2.20. The highest BCUT2D eigenvalue weighted by Gasteiger charge is 2.30. The van der Waals surface area contributed by atoms with E-state index in [0.717, 1.165) is 6.33 Å². The number of carbonyl (C=O) groups is 2. The number of anilines is 1. The van der Waals surface area contributed by atoms with Gasteiger partial charge in [0, 0.05) is 12.6 Å². The average molecular weight is 443 g/mol. The topological polar surface area (TPSA) is 115 Å². The second-order valence-corrected chi connectivity index (χ2v) is 7.25. The quantitative estimate of drug-likeness (QED) is 0.489. The lowest BCUT2D eigenvalue weighted by atomic mass is 9.95. The van der Waals surface area contributed by atoms with Gasteiger partial charge in [-0.3, -0.25) is 9.59 Å². The highest BCUT2D eigenvalue weighted by molar-refractivity contribution is 6.39. The molecule has 0 atom stereocenters. The van der Waals surface area contributed by atoms with E-state index < -0.39 is 17.3 Å². The number of hydrogen-bond acceptors (Lipinski definition) is 8. The van der Waals surface area contributed by atoms with Gasteiger partial charge in [-0.1, -0.05) is 23.2 Å². The van der Waals surface area contributed by atoms with Crippen LogP contribution in [-0.2, 0) is 9.53 Å². The van der Waals surface area contributed by atoms with Gasteiger partial charge in [0.05, 0.1) is 31.0 Å². The maximum atomic E-state index is 12.9. The standard InChI is InChI=1S/C18H20Cl2N4O5/c1-18(2,17(27)28-3)9-29-12-5-4-11(8-21-12)24(6-7-25)16(26)13-14(19)22-10-23-15(13)20/h4-5,8,10,25H,6-7,9H2,1-3H3. The van der Waals surface area contributed by atoms with Gasteiger partial charge in [-0.15, -0.1) is 0 Å². The molecular weight excluding hydrogens is 423 g/mol. The summed E-state index contributed by atoms with van der Waals surface area (Å²) in [6.45, 7) is 3.09. The Bertz CT molecular complexity index is 857. The summed E-state index contributed by atoms with van der Waals surface area (Å²) in [5, 5.41) is 9.15. The number of halogens is 2. The molecule has 0 fully saturated rings. The number of esters is 1. The molecular formula is C18H20Cl2N4O5. The van der Waals surface area contributed by atoms with Crippen LogP contribution in [0.15, 0.2) is 24.7 Å². The molecule has 2 heterocycles. The molecule has 0 aliphatic carbocycles. The summed E-state index contributed by atoms with van der Waals surface area (Å²) < 4.78 is 10.3. The van der Waals surface area contributed by atoms with Gasteiger partial charge in [0.25, 0.3) is 5.91 Å². The molecule has 1 amide bonds. The maximum absolute atomic E-state index is 12.9. The predicted octanol–water partition coefficient (Wildman–Crippen LogP) is 2.40. The van der Waals surface area contributed by atoms with Crippen molar-refractivity contribution in [3.8, 4) is 5.88 Å². The van der Waals surface area contributed by atoms with Crippen molar-refractivity contribution in [3.63, 3.8) is 0 Å². The van der Waals surface area contributed by atoms with Gasteiger partial charge in [-0.05, 0) is 19.9 Å². The number of amides is 1. The first kappa shape index (κ1) is 22.8. The van der Waals surface area contributed by atoms with Gasteiger partial charge < -0.3 is 19.5 Å². The van der Waals surface area contributed by atoms with E-state index >= 15 is 0 Å². The number of hydrogen-bond donors (Lipinski definition) is 1. The van der Waals surface area contributed by atoms with E-state index in [4.69, 9.17) is 32.7 Å². The van der Waals surface area contributed by atoms with E-state index in [2.05, 4.69) is 15.0 Å². The third-order valence-corrected chi connectivity index (χ3v) is 4.46. The van der Waals surface area contributed by atoms with Crippen molar-refractivity contribution in [2.24, 2.45) is 5.41 Å². The Labute approximate surface area is 177 Å². The van der Waals surface area contributed by atoms with Crippen molar-refractivity contribution >= 4 is 40.8 Å². The van der Waals surface area contributed by atoms with Gasteiger partial charge in [0.2, 0.25) is 5.88 Å². The number of rotatable bonds is 8. The van der Waals surface area contributed by atoms with Crippen molar-refractivity contribution in [1.29, 1.82) is 0 Å². The van der Waals surface area contributed by atoms with Crippen LogP contribution in [0.3, 0.4) is 0 Å².